The lowest BCUT2D eigenvalue weighted by Gasteiger charge is -2.46. The van der Waals surface area contributed by atoms with Crippen LogP contribution in [0.25, 0.3) is 0 Å². The van der Waals surface area contributed by atoms with E-state index in [-0.39, 0.29) is 24.2 Å². The third-order valence-electron chi connectivity index (χ3n) is 4.79. The van der Waals surface area contributed by atoms with E-state index in [2.05, 4.69) is 21.2 Å². The number of nitrogens with two attached hydrogens (primary N) is 3. The Kier molecular flexibility index (Phi) is 7.73. The van der Waals surface area contributed by atoms with Gasteiger partial charge in [-0.3, -0.25) is 4.79 Å². The number of aliphatic hydroxyl groups is 4. The molecule has 0 aromatic carbocycles. The molecule has 11 N–H and O–H groups in total. The topological polar surface area (TPSA) is 207 Å². The molecule has 10 atom stereocenters. The van der Waals surface area contributed by atoms with Crippen molar-refractivity contribution in [1.82, 2.24) is 5.32 Å². The molecule has 2 aliphatic rings. The van der Waals surface area contributed by atoms with E-state index >= 15 is 0 Å². The minimum atomic E-state index is -1.42. The molecule has 1 saturated carbocycles. The molecule has 11 nitrogen and oxygen atoms in total. The van der Waals surface area contributed by atoms with Crippen LogP contribution in [0, 0.1) is 0 Å². The highest BCUT2D eigenvalue weighted by Crippen LogP contribution is 2.27. The van der Waals surface area contributed by atoms with E-state index in [0.29, 0.717) is 0 Å². The summed E-state index contributed by atoms with van der Waals surface area (Å²) in [6, 6.07) is -2.59. The molecule has 1 aliphatic carbocycles. The molecule has 1 aliphatic heterocycles. The lowest BCUT2D eigenvalue weighted by molar-refractivity contribution is -0.288. The van der Waals surface area contributed by atoms with Crippen molar-refractivity contribution in [3.05, 3.63) is 0 Å². The van der Waals surface area contributed by atoms with E-state index < -0.39 is 61.0 Å². The first-order valence-electron chi connectivity index (χ1n) is 8.31. The number of aliphatic hydroxyl groups excluding tert-OH is 4. The van der Waals surface area contributed by atoms with Crippen LogP contribution in [0.15, 0.2) is 0 Å². The molecule has 152 valence electrons. The molecule has 0 aromatic heterocycles. The molecule has 0 radical (unpaired) electrons. The van der Waals surface area contributed by atoms with Crippen molar-refractivity contribution in [2.75, 3.05) is 11.9 Å². The molecule has 5 unspecified atom stereocenters. The third-order valence-corrected chi connectivity index (χ3v) is 5.30. The van der Waals surface area contributed by atoms with E-state index in [1.165, 1.54) is 0 Å². The molecule has 1 amide bonds. The fourth-order valence-corrected chi connectivity index (χ4v) is 3.41. The number of hydrogen-bond donors (Lipinski definition) is 8. The molecule has 1 heterocycles. The predicted octanol–water partition coefficient (Wildman–Crippen LogP) is -4.56. The zero-order chi connectivity index (χ0) is 19.6. The Balaban J connectivity index is 2.06. The van der Waals surface area contributed by atoms with Crippen LogP contribution < -0.4 is 22.5 Å². The van der Waals surface area contributed by atoms with Gasteiger partial charge in [0.15, 0.2) is 6.29 Å². The van der Waals surface area contributed by atoms with Gasteiger partial charge in [-0.1, -0.05) is 15.9 Å². The molecule has 0 spiro atoms. The summed E-state index contributed by atoms with van der Waals surface area (Å²) in [7, 11) is 0. The van der Waals surface area contributed by atoms with Crippen LogP contribution in [0.2, 0.25) is 0 Å². The maximum absolute atomic E-state index is 11.5. The summed E-state index contributed by atoms with van der Waals surface area (Å²) in [4.78, 5) is 11.5. The highest BCUT2D eigenvalue weighted by atomic mass is 79.9. The zero-order valence-corrected chi connectivity index (χ0v) is 15.6. The molecule has 26 heavy (non-hydrogen) atoms. The van der Waals surface area contributed by atoms with E-state index in [0.717, 1.165) is 0 Å². The second-order valence-corrected chi connectivity index (χ2v) is 7.19. The fraction of sp³-hybridized carbons (Fsp3) is 0.929. The number of ether oxygens (including phenoxy) is 2. The van der Waals surface area contributed by atoms with Crippen molar-refractivity contribution in [3.8, 4) is 0 Å². The van der Waals surface area contributed by atoms with Crippen LogP contribution in [0.5, 0.6) is 0 Å². The molecule has 12 heteroatoms. The van der Waals surface area contributed by atoms with E-state index in [1.54, 1.807) is 0 Å². The number of alkyl halides is 1. The number of hydrogen-bond acceptors (Lipinski definition) is 10. The van der Waals surface area contributed by atoms with Gasteiger partial charge in [0, 0.05) is 12.6 Å². The lowest BCUT2D eigenvalue weighted by Crippen LogP contribution is -2.68. The number of nitrogens with one attached hydrogen (secondary N) is 1. The summed E-state index contributed by atoms with van der Waals surface area (Å²) in [6.07, 6.45) is -8.34. The Labute approximate surface area is 158 Å². The Morgan fingerprint density at radius 1 is 1.15 bits per heavy atom. The lowest BCUT2D eigenvalue weighted by atomic mass is 9.84. The van der Waals surface area contributed by atoms with Crippen molar-refractivity contribution in [2.24, 2.45) is 17.2 Å². The molecule has 2 rings (SSSR count). The molecule has 2 fully saturated rings. The molecule has 1 saturated heterocycles. The minimum absolute atomic E-state index is 0.0486. The van der Waals surface area contributed by atoms with Crippen LogP contribution in [-0.2, 0) is 14.3 Å². The molecule has 0 bridgehead atoms. The Morgan fingerprint density at radius 2 is 1.81 bits per heavy atom. The van der Waals surface area contributed by atoms with Gasteiger partial charge in [0.1, 0.15) is 36.6 Å². The van der Waals surface area contributed by atoms with Crippen LogP contribution in [0.3, 0.4) is 0 Å². The maximum Gasteiger partial charge on any atom is 0.230 e. The highest BCUT2D eigenvalue weighted by Gasteiger charge is 2.48. The fourth-order valence-electron chi connectivity index (χ4n) is 3.25. The van der Waals surface area contributed by atoms with Gasteiger partial charge in [0.2, 0.25) is 5.91 Å². The number of amides is 1. The second-order valence-electron chi connectivity index (χ2n) is 6.63. The van der Waals surface area contributed by atoms with Gasteiger partial charge in [0.25, 0.3) is 0 Å². The van der Waals surface area contributed by atoms with E-state index in [1.807, 2.05) is 0 Å². The Bertz CT molecular complexity index is 488. The van der Waals surface area contributed by atoms with Gasteiger partial charge in [-0.05, 0) is 6.42 Å². The standard InChI is InChI=1S/C14H27BrN4O7/c15-2-7(20)19-5-1-4(17)13(12(24)9(5)21)26-14-8(18)11(23)10(22)6(3-16)25-14/h4-6,8-14,21-24H,1-3,16-18H2,(H,19,20)/t4?,5?,6-,8-,9?,10-,11-,12?,13?,14-/m0/s1. The van der Waals surface area contributed by atoms with Crippen molar-refractivity contribution in [2.45, 2.75) is 67.5 Å². The first kappa shape index (κ1) is 21.9. The number of carbonyl (C=O) groups excluding carboxylic acids is 1. The number of carbonyl (C=O) groups is 1. The van der Waals surface area contributed by atoms with Crippen molar-refractivity contribution in [3.63, 3.8) is 0 Å². The first-order chi connectivity index (χ1) is 12.2. The largest absolute Gasteiger partial charge is 0.388 e. The van der Waals surface area contributed by atoms with Crippen molar-refractivity contribution < 1.29 is 34.7 Å². The van der Waals surface area contributed by atoms with Gasteiger partial charge < -0.3 is 52.4 Å². The quantitative estimate of drug-likeness (QED) is 0.191. The SMILES string of the molecule is NC[C@@H]1O[C@@H](OC2C(N)CC(NC(=O)CBr)C(O)C2O)[C@@H](N)[C@H](O)[C@H]1O. The normalized spacial score (nSPS) is 46.8. The summed E-state index contributed by atoms with van der Waals surface area (Å²) in [5, 5.41) is 43.1. The van der Waals surface area contributed by atoms with Crippen LogP contribution in [0.4, 0.5) is 0 Å². The molecule has 0 aromatic rings. The van der Waals surface area contributed by atoms with Crippen LogP contribution in [0.1, 0.15) is 6.42 Å². The maximum atomic E-state index is 11.5. The Hall–Kier alpha value is -0.410. The molecular weight excluding hydrogens is 416 g/mol. The minimum Gasteiger partial charge on any atom is -0.388 e. The summed E-state index contributed by atoms with van der Waals surface area (Å²) >= 11 is 3.00. The van der Waals surface area contributed by atoms with Crippen molar-refractivity contribution in [1.29, 1.82) is 0 Å². The van der Waals surface area contributed by atoms with E-state index in [4.69, 9.17) is 26.7 Å². The summed E-state index contributed by atoms with van der Waals surface area (Å²) in [5.74, 6) is -0.353. The van der Waals surface area contributed by atoms with E-state index in [9.17, 15) is 25.2 Å². The predicted molar refractivity (Wildman–Crippen MR) is 92.9 cm³/mol. The number of halogens is 1. The first-order valence-corrected chi connectivity index (χ1v) is 9.43. The average Bonchev–Trinajstić information content (AvgIpc) is 2.62. The molecular formula is C14H27BrN4O7. The number of rotatable bonds is 5. The zero-order valence-electron chi connectivity index (χ0n) is 14.0. The van der Waals surface area contributed by atoms with Gasteiger partial charge in [-0.25, -0.2) is 0 Å². The van der Waals surface area contributed by atoms with Gasteiger partial charge in [0.05, 0.1) is 17.4 Å². The smallest absolute Gasteiger partial charge is 0.230 e. The van der Waals surface area contributed by atoms with Gasteiger partial charge in [-0.15, -0.1) is 0 Å². The second kappa shape index (κ2) is 9.19. The summed E-state index contributed by atoms with van der Waals surface area (Å²) in [5.41, 5.74) is 17.4. The Morgan fingerprint density at radius 3 is 2.38 bits per heavy atom. The third kappa shape index (κ3) is 4.52. The summed E-state index contributed by atoms with van der Waals surface area (Å²) in [6.45, 7) is -0.0760. The van der Waals surface area contributed by atoms with Gasteiger partial charge in [-0.2, -0.15) is 0 Å². The summed E-state index contributed by atoms with van der Waals surface area (Å²) < 4.78 is 11.1. The monoisotopic (exact) mass is 442 g/mol. The van der Waals surface area contributed by atoms with Crippen molar-refractivity contribution >= 4 is 21.8 Å². The van der Waals surface area contributed by atoms with Gasteiger partial charge >= 0.3 is 0 Å². The van der Waals surface area contributed by atoms with Crippen LogP contribution >= 0.6 is 15.9 Å². The highest BCUT2D eigenvalue weighted by molar-refractivity contribution is 9.09. The average molecular weight is 443 g/mol. The van der Waals surface area contributed by atoms with Crippen LogP contribution in [-0.4, -0.2) is 99.2 Å².